The molecule has 3 heterocycles. The Morgan fingerprint density at radius 3 is 2.52 bits per heavy atom. The number of nitrogens with zero attached hydrogens (tertiary/aromatic N) is 5. The summed E-state index contributed by atoms with van der Waals surface area (Å²) >= 11 is 0. The average molecular weight is 447 g/mol. The number of aromatic nitrogens is 3. The first-order valence-electron chi connectivity index (χ1n) is 11.1. The van der Waals surface area contributed by atoms with Crippen LogP contribution in [-0.2, 0) is 0 Å². The quantitative estimate of drug-likeness (QED) is 0.490. The first-order chi connectivity index (χ1) is 16.0. The Morgan fingerprint density at radius 1 is 1.03 bits per heavy atom. The molecule has 33 heavy (non-hydrogen) atoms. The van der Waals surface area contributed by atoms with E-state index >= 15 is 0 Å². The Labute approximate surface area is 191 Å². The van der Waals surface area contributed by atoms with Crippen LogP contribution in [0.1, 0.15) is 5.69 Å². The van der Waals surface area contributed by atoms with Crippen LogP contribution < -0.4 is 10.6 Å². The lowest BCUT2D eigenvalue weighted by Crippen LogP contribution is -2.47. The summed E-state index contributed by atoms with van der Waals surface area (Å²) in [5, 5.41) is 13.7. The van der Waals surface area contributed by atoms with Crippen LogP contribution in [0.5, 0.6) is 0 Å². The minimum absolute atomic E-state index is 0.197. The summed E-state index contributed by atoms with van der Waals surface area (Å²) in [6.07, 6.45) is 1.80. The Morgan fingerprint density at radius 2 is 1.79 bits per heavy atom. The number of aryl methyl sites for hydroxylation is 1. The van der Waals surface area contributed by atoms with Crippen molar-refractivity contribution in [1.82, 2.24) is 19.5 Å². The number of hydrogen-bond acceptors (Lipinski definition) is 6. The van der Waals surface area contributed by atoms with E-state index < -0.39 is 0 Å². The molecule has 0 saturated carbocycles. The SMILES string of the molecule is Cc1nc2c(-c3cccc(N4CCN(CCO)CC4)c3)cnn2c(N)c1-c1ccc(F)cc1. The van der Waals surface area contributed by atoms with Crippen LogP contribution in [0.3, 0.4) is 0 Å². The maximum Gasteiger partial charge on any atom is 0.165 e. The van der Waals surface area contributed by atoms with Gasteiger partial charge in [0.2, 0.25) is 0 Å². The van der Waals surface area contributed by atoms with Crippen molar-refractivity contribution in [3.05, 3.63) is 66.2 Å². The van der Waals surface area contributed by atoms with E-state index in [0.29, 0.717) is 11.5 Å². The van der Waals surface area contributed by atoms with E-state index in [0.717, 1.165) is 66.4 Å². The Hall–Kier alpha value is -3.49. The molecule has 0 amide bonds. The molecule has 0 aliphatic carbocycles. The van der Waals surface area contributed by atoms with Crippen molar-refractivity contribution in [3.8, 4) is 22.3 Å². The molecule has 1 aliphatic rings. The number of aliphatic hydroxyl groups excluding tert-OH is 1. The number of benzene rings is 2. The number of halogens is 1. The minimum atomic E-state index is -0.292. The highest BCUT2D eigenvalue weighted by Crippen LogP contribution is 2.33. The molecule has 5 rings (SSSR count). The third-order valence-corrected chi connectivity index (χ3v) is 6.31. The van der Waals surface area contributed by atoms with Gasteiger partial charge in [0, 0.05) is 49.5 Å². The molecule has 0 unspecified atom stereocenters. The van der Waals surface area contributed by atoms with Crippen molar-refractivity contribution in [1.29, 1.82) is 0 Å². The lowest BCUT2D eigenvalue weighted by molar-refractivity contribution is 0.189. The number of nitrogen functional groups attached to an aromatic ring is 1. The summed E-state index contributed by atoms with van der Waals surface area (Å²) in [6, 6.07) is 14.6. The Bertz CT molecular complexity index is 1280. The number of aliphatic hydroxyl groups is 1. The number of fused-ring (bicyclic) bond motifs is 1. The standard InChI is InChI=1S/C25H27FN6O/c1-17-23(18-5-7-20(26)8-6-18)24(27)32-25(29-17)22(16-28-32)19-3-2-4-21(15-19)31-11-9-30(10-12-31)13-14-33/h2-8,15-16,33H,9-14,27H2,1H3. The van der Waals surface area contributed by atoms with Gasteiger partial charge in [-0.3, -0.25) is 4.90 Å². The topological polar surface area (TPSA) is 82.9 Å². The van der Waals surface area contributed by atoms with Gasteiger partial charge >= 0.3 is 0 Å². The average Bonchev–Trinajstić information content (AvgIpc) is 3.25. The van der Waals surface area contributed by atoms with Crippen LogP contribution in [0.4, 0.5) is 15.9 Å². The fraction of sp³-hybridized carbons (Fsp3) is 0.280. The normalized spacial score (nSPS) is 14.8. The minimum Gasteiger partial charge on any atom is -0.395 e. The summed E-state index contributed by atoms with van der Waals surface area (Å²) in [7, 11) is 0. The Kier molecular flexibility index (Phi) is 5.70. The van der Waals surface area contributed by atoms with Crippen molar-refractivity contribution in [2.75, 3.05) is 50.0 Å². The van der Waals surface area contributed by atoms with Crippen molar-refractivity contribution < 1.29 is 9.50 Å². The van der Waals surface area contributed by atoms with Gasteiger partial charge < -0.3 is 15.7 Å². The first kappa shape index (κ1) is 21.4. The maximum atomic E-state index is 13.4. The number of anilines is 2. The van der Waals surface area contributed by atoms with Crippen LogP contribution in [0.25, 0.3) is 27.9 Å². The molecule has 3 N–H and O–H groups in total. The van der Waals surface area contributed by atoms with Crippen LogP contribution in [0.2, 0.25) is 0 Å². The fourth-order valence-electron chi connectivity index (χ4n) is 4.55. The summed E-state index contributed by atoms with van der Waals surface area (Å²) < 4.78 is 15.0. The van der Waals surface area contributed by atoms with Gasteiger partial charge in [0.15, 0.2) is 5.65 Å². The molecule has 0 atom stereocenters. The third-order valence-electron chi connectivity index (χ3n) is 6.31. The zero-order valence-corrected chi connectivity index (χ0v) is 18.6. The van der Waals surface area contributed by atoms with E-state index in [1.165, 1.54) is 12.1 Å². The van der Waals surface area contributed by atoms with Gasteiger partial charge in [0.25, 0.3) is 0 Å². The third kappa shape index (κ3) is 4.03. The molecule has 170 valence electrons. The Balaban J connectivity index is 1.49. The molecule has 1 aliphatic heterocycles. The molecule has 1 fully saturated rings. The van der Waals surface area contributed by atoms with Gasteiger partial charge in [-0.05, 0) is 42.3 Å². The lowest BCUT2D eigenvalue weighted by atomic mass is 10.0. The van der Waals surface area contributed by atoms with E-state index in [1.807, 2.05) is 6.92 Å². The molecular formula is C25H27FN6O. The molecule has 2 aromatic heterocycles. The zero-order valence-electron chi connectivity index (χ0n) is 18.6. The smallest absolute Gasteiger partial charge is 0.165 e. The lowest BCUT2D eigenvalue weighted by Gasteiger charge is -2.35. The van der Waals surface area contributed by atoms with Crippen LogP contribution >= 0.6 is 0 Å². The van der Waals surface area contributed by atoms with E-state index in [-0.39, 0.29) is 12.4 Å². The molecule has 0 spiro atoms. The van der Waals surface area contributed by atoms with E-state index in [4.69, 9.17) is 15.8 Å². The molecule has 1 saturated heterocycles. The van der Waals surface area contributed by atoms with Crippen molar-refractivity contribution in [2.45, 2.75) is 6.92 Å². The van der Waals surface area contributed by atoms with E-state index in [9.17, 15) is 4.39 Å². The predicted octanol–water partition coefficient (Wildman–Crippen LogP) is 3.21. The second-order valence-corrected chi connectivity index (χ2v) is 8.36. The van der Waals surface area contributed by atoms with Crippen LogP contribution in [0, 0.1) is 12.7 Å². The van der Waals surface area contributed by atoms with E-state index in [2.05, 4.69) is 39.2 Å². The van der Waals surface area contributed by atoms with Crippen molar-refractivity contribution in [3.63, 3.8) is 0 Å². The summed E-state index contributed by atoms with van der Waals surface area (Å²) in [4.78, 5) is 9.47. The van der Waals surface area contributed by atoms with Gasteiger partial charge in [0.05, 0.1) is 18.5 Å². The zero-order chi connectivity index (χ0) is 22.9. The molecular weight excluding hydrogens is 419 g/mol. The molecule has 0 bridgehead atoms. The largest absolute Gasteiger partial charge is 0.395 e. The highest BCUT2D eigenvalue weighted by Gasteiger charge is 2.19. The maximum absolute atomic E-state index is 13.4. The van der Waals surface area contributed by atoms with Gasteiger partial charge in [-0.25, -0.2) is 9.37 Å². The van der Waals surface area contributed by atoms with Gasteiger partial charge in [-0.2, -0.15) is 9.61 Å². The number of piperazine rings is 1. The summed E-state index contributed by atoms with van der Waals surface area (Å²) in [5.74, 6) is 0.187. The van der Waals surface area contributed by atoms with E-state index in [1.54, 1.807) is 22.8 Å². The van der Waals surface area contributed by atoms with Gasteiger partial charge in [0.1, 0.15) is 11.6 Å². The molecule has 2 aromatic carbocycles. The van der Waals surface area contributed by atoms with Crippen molar-refractivity contribution in [2.24, 2.45) is 0 Å². The number of β-amino-alcohol motifs (C(OH)–C–C–N with tert-alkyl or cyclic N) is 1. The van der Waals surface area contributed by atoms with Crippen LogP contribution in [0.15, 0.2) is 54.7 Å². The fourth-order valence-corrected chi connectivity index (χ4v) is 4.55. The van der Waals surface area contributed by atoms with Crippen LogP contribution in [-0.4, -0.2) is 63.9 Å². The highest BCUT2D eigenvalue weighted by molar-refractivity contribution is 5.84. The van der Waals surface area contributed by atoms with Gasteiger partial charge in [-0.15, -0.1) is 0 Å². The molecule has 0 radical (unpaired) electrons. The monoisotopic (exact) mass is 446 g/mol. The number of nitrogens with two attached hydrogens (primary N) is 1. The van der Waals surface area contributed by atoms with Gasteiger partial charge in [-0.1, -0.05) is 24.3 Å². The summed E-state index contributed by atoms with van der Waals surface area (Å²) in [6.45, 7) is 6.54. The summed E-state index contributed by atoms with van der Waals surface area (Å²) in [5.41, 5.74) is 12.6. The number of hydrogen-bond donors (Lipinski definition) is 2. The van der Waals surface area contributed by atoms with Crippen molar-refractivity contribution >= 4 is 17.2 Å². The predicted molar refractivity (Wildman–Crippen MR) is 129 cm³/mol. The second-order valence-electron chi connectivity index (χ2n) is 8.36. The number of rotatable bonds is 5. The molecule has 7 nitrogen and oxygen atoms in total. The second kappa shape index (κ2) is 8.80. The first-order valence-corrected chi connectivity index (χ1v) is 11.1. The molecule has 8 heteroatoms. The molecule has 4 aromatic rings. The highest BCUT2D eigenvalue weighted by atomic mass is 19.1.